The summed E-state index contributed by atoms with van der Waals surface area (Å²) in [5, 5.41) is 37.0. The second-order valence-corrected chi connectivity index (χ2v) is 14.3. The van der Waals surface area contributed by atoms with E-state index in [2.05, 4.69) is 36.6 Å². The number of aliphatic hydroxyl groups is 2. The molecule has 0 bridgehead atoms. The number of carbonyl (C=O) groups excluding carboxylic acids is 3. The number of amides is 4. The van der Waals surface area contributed by atoms with Crippen LogP contribution in [0, 0.1) is 5.92 Å². The molecule has 1 aromatic heterocycles. The largest absolute Gasteiger partial charge is 0.444 e. The third-order valence-corrected chi connectivity index (χ3v) is 8.35. The van der Waals surface area contributed by atoms with Crippen LogP contribution in [0.2, 0.25) is 0 Å². The third-order valence-electron chi connectivity index (χ3n) is 8.35. The summed E-state index contributed by atoms with van der Waals surface area (Å²) in [6, 6.07) is 23.6. The number of urea groups is 1. The molecule has 4 rings (SSSR count). The van der Waals surface area contributed by atoms with E-state index in [1.807, 2.05) is 98.8 Å². The number of para-hydroxylation sites is 2. The number of H-pyrrole nitrogens is 1. The highest BCUT2D eigenvalue weighted by molar-refractivity contribution is 5.87. The number of nitrogens with zero attached hydrogens (tertiary/aromatic N) is 1. The zero-order valence-electron chi connectivity index (χ0n) is 30.6. The van der Waals surface area contributed by atoms with E-state index in [1.165, 1.54) is 0 Å². The Bertz CT molecular complexity index is 1680. The zero-order chi connectivity index (χ0) is 37.7. The van der Waals surface area contributed by atoms with E-state index in [9.17, 15) is 24.6 Å². The predicted octanol–water partition coefficient (Wildman–Crippen LogP) is 3.56. The Labute approximate surface area is 305 Å². The Hall–Kier alpha value is -4.98. The van der Waals surface area contributed by atoms with E-state index in [0.717, 1.165) is 22.2 Å². The lowest BCUT2D eigenvalue weighted by Crippen LogP contribution is -2.57. The predicted molar refractivity (Wildman–Crippen MR) is 200 cm³/mol. The van der Waals surface area contributed by atoms with Gasteiger partial charge < -0.3 is 46.5 Å². The van der Waals surface area contributed by atoms with Gasteiger partial charge in [0.2, 0.25) is 5.91 Å². The average Bonchev–Trinajstić information content (AvgIpc) is 3.52. The Morgan fingerprint density at radius 1 is 0.769 bits per heavy atom. The molecule has 3 aromatic carbocycles. The number of hydrogen-bond donors (Lipinski definition) is 8. The maximum atomic E-state index is 13.7. The van der Waals surface area contributed by atoms with Crippen molar-refractivity contribution < 1.29 is 29.3 Å². The topological polar surface area (TPSA) is 190 Å². The van der Waals surface area contributed by atoms with Gasteiger partial charge in [-0.25, -0.2) is 14.6 Å². The van der Waals surface area contributed by atoms with Gasteiger partial charge in [-0.15, -0.1) is 0 Å². The minimum absolute atomic E-state index is 0.0249. The number of nitrogens with one attached hydrogen (secondary N) is 6. The minimum Gasteiger partial charge on any atom is -0.444 e. The number of aromatic amines is 1. The van der Waals surface area contributed by atoms with Gasteiger partial charge in [-0.2, -0.15) is 0 Å². The molecule has 13 heteroatoms. The third kappa shape index (κ3) is 13.0. The fourth-order valence-electron chi connectivity index (χ4n) is 5.68. The first-order valence-corrected chi connectivity index (χ1v) is 17.7. The summed E-state index contributed by atoms with van der Waals surface area (Å²) in [4.78, 5) is 46.8. The maximum absolute atomic E-state index is 13.7. The lowest BCUT2D eigenvalue weighted by Gasteiger charge is -2.30. The molecule has 52 heavy (non-hydrogen) atoms. The normalized spacial score (nSPS) is 14.5. The van der Waals surface area contributed by atoms with Crippen molar-refractivity contribution in [3.63, 3.8) is 0 Å². The Kier molecular flexibility index (Phi) is 14.6. The van der Waals surface area contributed by atoms with Gasteiger partial charge in [-0.1, -0.05) is 86.6 Å². The highest BCUT2D eigenvalue weighted by Crippen LogP contribution is 2.13. The average molecular weight is 716 g/mol. The van der Waals surface area contributed by atoms with Gasteiger partial charge in [-0.3, -0.25) is 4.79 Å². The van der Waals surface area contributed by atoms with E-state index in [4.69, 9.17) is 4.74 Å². The first kappa shape index (κ1) is 39.8. The number of carbonyl (C=O) groups is 3. The summed E-state index contributed by atoms with van der Waals surface area (Å²) in [5.74, 6) is -0.130. The molecule has 0 spiro atoms. The molecule has 0 saturated carbocycles. The van der Waals surface area contributed by atoms with Gasteiger partial charge in [-0.05, 0) is 62.8 Å². The summed E-state index contributed by atoms with van der Waals surface area (Å²) in [6.07, 6.45) is -2.08. The van der Waals surface area contributed by atoms with Crippen molar-refractivity contribution in [2.45, 2.75) is 89.9 Å². The van der Waals surface area contributed by atoms with Crippen LogP contribution < -0.4 is 26.6 Å². The molecule has 0 unspecified atom stereocenters. The van der Waals surface area contributed by atoms with Crippen LogP contribution in [0.25, 0.3) is 11.0 Å². The molecule has 8 N–H and O–H groups in total. The lowest BCUT2D eigenvalue weighted by atomic mass is 9.98. The molecule has 5 atom stereocenters. The second-order valence-electron chi connectivity index (χ2n) is 14.3. The maximum Gasteiger partial charge on any atom is 0.407 e. The Morgan fingerprint density at radius 2 is 1.31 bits per heavy atom. The van der Waals surface area contributed by atoms with Gasteiger partial charge in [0, 0.05) is 13.1 Å². The fraction of sp³-hybridized carbons (Fsp3) is 0.436. The summed E-state index contributed by atoms with van der Waals surface area (Å²) in [7, 11) is 0. The highest BCUT2D eigenvalue weighted by Gasteiger charge is 2.30. The molecule has 0 aliphatic carbocycles. The van der Waals surface area contributed by atoms with Gasteiger partial charge in [0.15, 0.2) is 0 Å². The molecular weight excluding hydrogens is 662 g/mol. The van der Waals surface area contributed by atoms with Crippen LogP contribution in [-0.2, 0) is 28.9 Å². The van der Waals surface area contributed by atoms with Crippen LogP contribution in [-0.4, -0.2) is 87.2 Å². The number of rotatable bonds is 17. The van der Waals surface area contributed by atoms with E-state index in [-0.39, 0.29) is 25.6 Å². The van der Waals surface area contributed by atoms with Crippen LogP contribution in [0.1, 0.15) is 51.6 Å². The SMILES string of the molecule is CC(C)[C@H](NC(=O)NCc1nc2ccccc2[nH]1)C(=O)N[C@@H](Cc1ccccc1)[C@H](O)CNC[C@@H](O)[C@H](Cc1ccccc1)NC(=O)OC(C)(C)C. The molecule has 13 nitrogen and oxygen atoms in total. The van der Waals surface area contributed by atoms with Crippen LogP contribution in [0.4, 0.5) is 9.59 Å². The molecule has 0 fully saturated rings. The number of alkyl carbamates (subject to hydrolysis) is 1. The summed E-state index contributed by atoms with van der Waals surface area (Å²) in [5.41, 5.74) is 2.75. The fourth-order valence-corrected chi connectivity index (χ4v) is 5.68. The first-order valence-electron chi connectivity index (χ1n) is 17.7. The van der Waals surface area contributed by atoms with Gasteiger partial charge in [0.05, 0.1) is 41.9 Å². The molecule has 0 radical (unpaired) electrons. The Morgan fingerprint density at radius 3 is 1.85 bits per heavy atom. The van der Waals surface area contributed by atoms with Crippen molar-refractivity contribution in [1.29, 1.82) is 0 Å². The van der Waals surface area contributed by atoms with Crippen molar-refractivity contribution >= 4 is 29.1 Å². The van der Waals surface area contributed by atoms with Crippen molar-refractivity contribution in [2.24, 2.45) is 5.92 Å². The molecular formula is C39H53N7O6. The standard InChI is InChI=1S/C39H53N7O6/c1-25(2)35(46-37(50)41-24-34-42-28-18-12-13-19-29(28)43-34)36(49)44-30(20-26-14-8-6-9-15-26)32(47)22-40-23-33(48)31(21-27-16-10-7-11-17-27)45-38(51)52-39(3,4)5/h6-19,25,30-33,35,40,47-48H,20-24H2,1-5H3,(H,42,43)(H,44,49)(H,45,51)(H2,41,46,50)/t30-,31-,32+,33+,35-/m0/s1. The number of benzene rings is 3. The van der Waals surface area contributed by atoms with Crippen LogP contribution in [0.15, 0.2) is 84.9 Å². The van der Waals surface area contributed by atoms with Crippen LogP contribution in [0.3, 0.4) is 0 Å². The summed E-state index contributed by atoms with van der Waals surface area (Å²) in [6.45, 7) is 9.15. The van der Waals surface area contributed by atoms with Crippen molar-refractivity contribution in [3.05, 3.63) is 102 Å². The number of aromatic nitrogens is 2. The summed E-state index contributed by atoms with van der Waals surface area (Å²) < 4.78 is 5.43. The van der Waals surface area contributed by atoms with Crippen molar-refractivity contribution in [2.75, 3.05) is 13.1 Å². The number of fused-ring (bicyclic) bond motifs is 1. The number of imidazole rings is 1. The first-order chi connectivity index (χ1) is 24.8. The highest BCUT2D eigenvalue weighted by atomic mass is 16.6. The number of ether oxygens (including phenoxy) is 1. The van der Waals surface area contributed by atoms with E-state index >= 15 is 0 Å². The van der Waals surface area contributed by atoms with E-state index in [1.54, 1.807) is 20.8 Å². The smallest absolute Gasteiger partial charge is 0.407 e. The molecule has 4 amide bonds. The van der Waals surface area contributed by atoms with Gasteiger partial charge in [0.1, 0.15) is 17.5 Å². The summed E-state index contributed by atoms with van der Waals surface area (Å²) >= 11 is 0. The Balaban J connectivity index is 1.37. The quantitative estimate of drug-likeness (QED) is 0.0815. The number of aliphatic hydroxyl groups excluding tert-OH is 2. The molecule has 0 saturated heterocycles. The molecule has 0 aliphatic heterocycles. The molecule has 0 aliphatic rings. The lowest BCUT2D eigenvalue weighted by molar-refractivity contribution is -0.125. The van der Waals surface area contributed by atoms with Crippen molar-refractivity contribution in [1.82, 2.24) is 36.6 Å². The van der Waals surface area contributed by atoms with E-state index < -0.39 is 54.0 Å². The molecule has 1 heterocycles. The van der Waals surface area contributed by atoms with Gasteiger partial charge >= 0.3 is 12.1 Å². The zero-order valence-corrected chi connectivity index (χ0v) is 30.6. The van der Waals surface area contributed by atoms with Crippen LogP contribution >= 0.6 is 0 Å². The van der Waals surface area contributed by atoms with E-state index in [0.29, 0.717) is 18.7 Å². The van der Waals surface area contributed by atoms with Gasteiger partial charge in [0.25, 0.3) is 0 Å². The monoisotopic (exact) mass is 715 g/mol. The van der Waals surface area contributed by atoms with Crippen molar-refractivity contribution in [3.8, 4) is 0 Å². The number of hydrogen-bond acceptors (Lipinski definition) is 8. The molecule has 280 valence electrons. The molecule has 4 aromatic rings. The minimum atomic E-state index is -1.07. The second kappa shape index (κ2) is 19.0. The van der Waals surface area contributed by atoms with Crippen LogP contribution in [0.5, 0.6) is 0 Å².